The highest BCUT2D eigenvalue weighted by Gasteiger charge is 2.31. The molecule has 1 aromatic carbocycles. The maximum absolute atomic E-state index is 13.1. The molecule has 4 heteroatoms. The molecular formula is C18H19FN2O. The second-order valence-electron chi connectivity index (χ2n) is 6.36. The van der Waals surface area contributed by atoms with Gasteiger partial charge in [0.1, 0.15) is 5.82 Å². The number of rotatable bonds is 3. The first-order valence-electron chi connectivity index (χ1n) is 7.93. The lowest BCUT2D eigenvalue weighted by Gasteiger charge is -2.18. The van der Waals surface area contributed by atoms with Crippen LogP contribution < -0.4 is 11.3 Å². The summed E-state index contributed by atoms with van der Waals surface area (Å²) in [5, 5.41) is 0. The van der Waals surface area contributed by atoms with Crippen LogP contribution in [0.3, 0.4) is 0 Å². The Bertz CT molecular complexity index is 775. The maximum atomic E-state index is 13.1. The van der Waals surface area contributed by atoms with Gasteiger partial charge in [-0.1, -0.05) is 12.1 Å². The molecule has 1 saturated carbocycles. The number of fused-ring (bicyclic) bond motifs is 1. The molecule has 0 aliphatic heterocycles. The van der Waals surface area contributed by atoms with E-state index in [0.717, 1.165) is 37.7 Å². The van der Waals surface area contributed by atoms with Crippen molar-refractivity contribution in [2.24, 2.45) is 5.73 Å². The number of aryl methyl sites for hydroxylation is 1. The molecule has 1 heterocycles. The van der Waals surface area contributed by atoms with Gasteiger partial charge in [-0.2, -0.15) is 0 Å². The van der Waals surface area contributed by atoms with Crippen LogP contribution in [0.4, 0.5) is 4.39 Å². The third-order valence-electron chi connectivity index (χ3n) is 4.79. The van der Waals surface area contributed by atoms with E-state index in [1.54, 1.807) is 12.1 Å². The normalized spacial score (nSPS) is 18.3. The second-order valence-corrected chi connectivity index (χ2v) is 6.36. The molecule has 1 fully saturated rings. The van der Waals surface area contributed by atoms with Gasteiger partial charge in [0, 0.05) is 17.3 Å². The minimum atomic E-state index is -0.496. The van der Waals surface area contributed by atoms with Crippen molar-refractivity contribution >= 4 is 0 Å². The zero-order chi connectivity index (χ0) is 15.3. The van der Waals surface area contributed by atoms with Gasteiger partial charge in [0.15, 0.2) is 0 Å². The van der Waals surface area contributed by atoms with E-state index in [2.05, 4.69) is 0 Å². The van der Waals surface area contributed by atoms with Crippen LogP contribution in [0.2, 0.25) is 0 Å². The van der Waals surface area contributed by atoms with Crippen LogP contribution in [0.25, 0.3) is 0 Å². The molecular weight excluding hydrogens is 279 g/mol. The van der Waals surface area contributed by atoms with Crippen molar-refractivity contribution in [1.82, 2.24) is 4.57 Å². The van der Waals surface area contributed by atoms with Crippen LogP contribution in [0.15, 0.2) is 35.1 Å². The van der Waals surface area contributed by atoms with Gasteiger partial charge in [-0.05, 0) is 61.4 Å². The Morgan fingerprint density at radius 3 is 2.59 bits per heavy atom. The van der Waals surface area contributed by atoms with E-state index in [0.29, 0.717) is 11.6 Å². The van der Waals surface area contributed by atoms with Crippen molar-refractivity contribution in [3.8, 4) is 0 Å². The number of halogens is 1. The van der Waals surface area contributed by atoms with Gasteiger partial charge in [-0.3, -0.25) is 4.79 Å². The fourth-order valence-corrected chi connectivity index (χ4v) is 3.48. The molecule has 0 radical (unpaired) electrons. The molecule has 0 bridgehead atoms. The van der Waals surface area contributed by atoms with Crippen LogP contribution in [-0.4, -0.2) is 4.57 Å². The molecule has 0 saturated heterocycles. The largest absolute Gasteiger partial charge is 0.320 e. The van der Waals surface area contributed by atoms with E-state index in [1.807, 2.05) is 10.6 Å². The average molecular weight is 298 g/mol. The molecule has 2 aromatic rings. The molecule has 3 nitrogen and oxygen atoms in total. The molecule has 1 aromatic heterocycles. The highest BCUT2D eigenvalue weighted by atomic mass is 19.1. The van der Waals surface area contributed by atoms with E-state index in [-0.39, 0.29) is 11.4 Å². The van der Waals surface area contributed by atoms with Crippen molar-refractivity contribution in [2.45, 2.75) is 44.2 Å². The number of nitrogens with two attached hydrogens (primary N) is 1. The van der Waals surface area contributed by atoms with Gasteiger partial charge < -0.3 is 10.3 Å². The topological polar surface area (TPSA) is 48.0 Å². The summed E-state index contributed by atoms with van der Waals surface area (Å²) >= 11 is 0. The number of hydrogen-bond acceptors (Lipinski definition) is 2. The van der Waals surface area contributed by atoms with Gasteiger partial charge >= 0.3 is 0 Å². The average Bonchev–Trinajstić information content (AvgIpc) is 3.24. The van der Waals surface area contributed by atoms with Gasteiger partial charge in [-0.25, -0.2) is 4.39 Å². The van der Waals surface area contributed by atoms with Crippen LogP contribution in [0.5, 0.6) is 0 Å². The van der Waals surface area contributed by atoms with Crippen LogP contribution >= 0.6 is 0 Å². The molecule has 22 heavy (non-hydrogen) atoms. The molecule has 2 aliphatic carbocycles. The van der Waals surface area contributed by atoms with Crippen molar-refractivity contribution in [3.05, 3.63) is 68.9 Å². The monoisotopic (exact) mass is 298 g/mol. The Morgan fingerprint density at radius 2 is 1.91 bits per heavy atom. The molecule has 1 unspecified atom stereocenters. The number of hydrogen-bond donors (Lipinski definition) is 1. The Kier molecular flexibility index (Phi) is 3.15. The number of benzene rings is 1. The minimum absolute atomic E-state index is 0.0416. The van der Waals surface area contributed by atoms with Crippen molar-refractivity contribution in [1.29, 1.82) is 0 Å². The summed E-state index contributed by atoms with van der Waals surface area (Å²) in [5.41, 5.74) is 10.2. The van der Waals surface area contributed by atoms with Gasteiger partial charge in [0.25, 0.3) is 5.56 Å². The van der Waals surface area contributed by atoms with Gasteiger partial charge in [-0.15, -0.1) is 0 Å². The molecule has 4 rings (SSSR count). The smallest absolute Gasteiger partial charge is 0.256 e. The third-order valence-corrected chi connectivity index (χ3v) is 4.79. The fraction of sp³-hybridized carbons (Fsp3) is 0.389. The predicted octanol–water partition coefficient (Wildman–Crippen LogP) is 2.86. The van der Waals surface area contributed by atoms with Gasteiger partial charge in [0.05, 0.1) is 6.04 Å². The quantitative estimate of drug-likeness (QED) is 0.947. The number of pyridine rings is 1. The standard InChI is InChI=1S/C18H19FN2O/c19-13-6-4-11(5-7-13)17(20)15-10-12-2-1-3-16(12)21(18(15)22)14-8-9-14/h4-7,10,14,17H,1-3,8-9,20H2. The maximum Gasteiger partial charge on any atom is 0.256 e. The van der Waals surface area contributed by atoms with E-state index < -0.39 is 6.04 Å². The molecule has 1 atom stereocenters. The van der Waals surface area contributed by atoms with Crippen LogP contribution in [0.1, 0.15) is 53.7 Å². The Morgan fingerprint density at radius 1 is 1.18 bits per heavy atom. The molecule has 2 aliphatic rings. The summed E-state index contributed by atoms with van der Waals surface area (Å²) in [5.74, 6) is -0.291. The molecule has 0 spiro atoms. The molecule has 0 amide bonds. The minimum Gasteiger partial charge on any atom is -0.320 e. The predicted molar refractivity (Wildman–Crippen MR) is 83.4 cm³/mol. The summed E-state index contributed by atoms with van der Waals surface area (Å²) in [6.45, 7) is 0. The summed E-state index contributed by atoms with van der Waals surface area (Å²) in [7, 11) is 0. The zero-order valence-corrected chi connectivity index (χ0v) is 12.4. The number of aromatic nitrogens is 1. The zero-order valence-electron chi connectivity index (χ0n) is 12.4. The first-order valence-corrected chi connectivity index (χ1v) is 7.93. The summed E-state index contributed by atoms with van der Waals surface area (Å²) in [6.07, 6.45) is 5.29. The van der Waals surface area contributed by atoms with Crippen LogP contribution in [-0.2, 0) is 12.8 Å². The highest BCUT2D eigenvalue weighted by molar-refractivity contribution is 5.37. The molecule has 114 valence electrons. The lowest BCUT2D eigenvalue weighted by Crippen LogP contribution is -2.30. The van der Waals surface area contributed by atoms with Crippen LogP contribution in [0, 0.1) is 5.82 Å². The highest BCUT2D eigenvalue weighted by Crippen LogP contribution is 2.37. The summed E-state index contributed by atoms with van der Waals surface area (Å²) < 4.78 is 15.1. The lowest BCUT2D eigenvalue weighted by molar-refractivity contribution is 0.625. The molecule has 2 N–H and O–H groups in total. The van der Waals surface area contributed by atoms with E-state index in [9.17, 15) is 9.18 Å². The first-order chi connectivity index (χ1) is 10.6. The first kappa shape index (κ1) is 13.7. The van der Waals surface area contributed by atoms with E-state index in [1.165, 1.54) is 23.4 Å². The van der Waals surface area contributed by atoms with Crippen molar-refractivity contribution < 1.29 is 4.39 Å². The van der Waals surface area contributed by atoms with Crippen molar-refractivity contribution in [3.63, 3.8) is 0 Å². The Labute approximate surface area is 128 Å². The number of nitrogens with zero attached hydrogens (tertiary/aromatic N) is 1. The SMILES string of the molecule is NC(c1ccc(F)cc1)c1cc2c(n(C3CC3)c1=O)CCC2. The summed E-state index contributed by atoms with van der Waals surface area (Å²) in [4.78, 5) is 12.9. The van der Waals surface area contributed by atoms with Gasteiger partial charge in [0.2, 0.25) is 0 Å². The lowest BCUT2D eigenvalue weighted by atomic mass is 9.98. The van der Waals surface area contributed by atoms with E-state index >= 15 is 0 Å². The van der Waals surface area contributed by atoms with Crippen molar-refractivity contribution in [2.75, 3.05) is 0 Å². The Balaban J connectivity index is 1.83. The second kappa shape index (κ2) is 5.06. The Hall–Kier alpha value is -1.94. The fourth-order valence-electron chi connectivity index (χ4n) is 3.48. The summed E-state index contributed by atoms with van der Waals surface area (Å²) in [6, 6.07) is 7.95. The third kappa shape index (κ3) is 2.18. The van der Waals surface area contributed by atoms with E-state index in [4.69, 9.17) is 5.73 Å².